The van der Waals surface area contributed by atoms with E-state index in [1.54, 1.807) is 31.3 Å². The number of amides is 1. The van der Waals surface area contributed by atoms with Gasteiger partial charge in [0.2, 0.25) is 5.91 Å². The van der Waals surface area contributed by atoms with Gasteiger partial charge < -0.3 is 24.6 Å². The Morgan fingerprint density at radius 3 is 2.68 bits per heavy atom. The maximum Gasteiger partial charge on any atom is 0.305 e. The van der Waals surface area contributed by atoms with Crippen molar-refractivity contribution in [1.29, 1.82) is 0 Å². The van der Waals surface area contributed by atoms with Gasteiger partial charge in [-0.05, 0) is 81.1 Å². The van der Waals surface area contributed by atoms with Crippen LogP contribution >= 0.6 is 0 Å². The lowest BCUT2D eigenvalue weighted by Crippen LogP contribution is -2.39. The second-order valence-electron chi connectivity index (χ2n) is 10.9. The van der Waals surface area contributed by atoms with Crippen LogP contribution in [0.25, 0.3) is 11.1 Å². The number of rotatable bonds is 6. The van der Waals surface area contributed by atoms with Crippen molar-refractivity contribution in [3.63, 3.8) is 0 Å². The summed E-state index contributed by atoms with van der Waals surface area (Å²) in [5.74, 6) is -1.45. The maximum atomic E-state index is 14.3. The third-order valence-electron chi connectivity index (χ3n) is 7.40. The SMILES string of the molecule is Cc1cc(F)cc2c1-c1cccc(c1)[C@H](CC(=O)O)NC(=O)C(n1cc(CCN(C)C)ccc1=O)CCCCCO2. The van der Waals surface area contributed by atoms with Crippen LogP contribution in [0.5, 0.6) is 5.75 Å². The van der Waals surface area contributed by atoms with Crippen molar-refractivity contribution in [3.05, 3.63) is 87.6 Å². The molecule has 4 rings (SSSR count). The smallest absolute Gasteiger partial charge is 0.305 e. The number of carboxylic acid groups (broad SMARTS) is 1. The minimum absolute atomic E-state index is 0.287. The first-order valence-electron chi connectivity index (χ1n) is 14.0. The Balaban J connectivity index is 1.75. The summed E-state index contributed by atoms with van der Waals surface area (Å²) in [5, 5.41) is 12.7. The second-order valence-corrected chi connectivity index (χ2v) is 10.9. The van der Waals surface area contributed by atoms with E-state index in [-0.39, 0.29) is 12.0 Å². The van der Waals surface area contributed by atoms with Crippen LogP contribution in [-0.4, -0.2) is 53.7 Å². The highest BCUT2D eigenvalue weighted by Gasteiger charge is 2.27. The van der Waals surface area contributed by atoms with Gasteiger partial charge in [0, 0.05) is 30.4 Å². The number of likely N-dealkylation sites (N-methyl/N-ethyl adjacent to an activating group) is 1. The van der Waals surface area contributed by atoms with Crippen LogP contribution in [0, 0.1) is 12.7 Å². The molecule has 2 bridgehead atoms. The predicted molar refractivity (Wildman–Crippen MR) is 156 cm³/mol. The molecule has 0 spiro atoms. The van der Waals surface area contributed by atoms with Crippen molar-refractivity contribution < 1.29 is 23.8 Å². The molecule has 9 heteroatoms. The standard InChI is InChI=1S/C32H38FN3O5/c1-21-16-25(33)18-28-31(21)24-9-7-8-23(17-24)26(19-30(38)39)34-32(40)27(10-5-4-6-15-41-28)36-20-22(11-12-29(36)37)13-14-35(2)3/h7-9,11-12,16-18,20,26-27H,4-6,10,13-15,19H2,1-3H3,(H,34,40)(H,38,39)/t26-,27?/m0/s1. The Labute approximate surface area is 239 Å². The molecule has 2 aromatic carbocycles. The molecule has 2 atom stereocenters. The van der Waals surface area contributed by atoms with Gasteiger partial charge in [-0.3, -0.25) is 14.4 Å². The Morgan fingerprint density at radius 1 is 1.12 bits per heavy atom. The number of hydrogen-bond donors (Lipinski definition) is 2. The predicted octanol–water partition coefficient (Wildman–Crippen LogP) is 4.89. The van der Waals surface area contributed by atoms with Crippen molar-refractivity contribution in [2.45, 2.75) is 57.5 Å². The Bertz CT molecular complexity index is 1450. The lowest BCUT2D eigenvalue weighted by molar-refractivity contribution is -0.138. The van der Waals surface area contributed by atoms with Gasteiger partial charge in [-0.15, -0.1) is 0 Å². The average Bonchev–Trinajstić information content (AvgIpc) is 2.91. The fraction of sp³-hybridized carbons (Fsp3) is 0.406. The summed E-state index contributed by atoms with van der Waals surface area (Å²) in [4.78, 5) is 40.7. The van der Waals surface area contributed by atoms with Crippen LogP contribution in [0.1, 0.15) is 60.9 Å². The summed E-state index contributed by atoms with van der Waals surface area (Å²) in [6, 6.07) is 11.6. The molecule has 1 unspecified atom stereocenters. The topological polar surface area (TPSA) is 101 Å². The molecular weight excluding hydrogens is 525 g/mol. The van der Waals surface area contributed by atoms with E-state index < -0.39 is 29.8 Å². The quantitative estimate of drug-likeness (QED) is 0.443. The number of aryl methyl sites for hydroxylation is 1. The van der Waals surface area contributed by atoms with E-state index in [1.807, 2.05) is 31.1 Å². The van der Waals surface area contributed by atoms with Crippen molar-refractivity contribution in [3.8, 4) is 16.9 Å². The van der Waals surface area contributed by atoms with Crippen molar-refractivity contribution in [1.82, 2.24) is 14.8 Å². The molecule has 0 aliphatic carbocycles. The Hall–Kier alpha value is -3.98. The zero-order valence-corrected chi connectivity index (χ0v) is 23.9. The molecule has 0 saturated carbocycles. The summed E-state index contributed by atoms with van der Waals surface area (Å²) in [5.41, 5.74) is 3.39. The summed E-state index contributed by atoms with van der Waals surface area (Å²) in [6.07, 6.45) is 4.57. The number of carbonyl (C=O) groups excluding carboxylic acids is 1. The minimum Gasteiger partial charge on any atom is -0.493 e. The molecule has 1 aromatic heterocycles. The molecule has 218 valence electrons. The molecule has 0 saturated heterocycles. The molecule has 0 radical (unpaired) electrons. The molecule has 8 nitrogen and oxygen atoms in total. The fourth-order valence-corrected chi connectivity index (χ4v) is 5.29. The lowest BCUT2D eigenvalue weighted by Gasteiger charge is -2.24. The number of carbonyl (C=O) groups is 2. The minimum atomic E-state index is -1.07. The van der Waals surface area contributed by atoms with E-state index in [1.165, 1.54) is 22.8 Å². The van der Waals surface area contributed by atoms with Crippen molar-refractivity contribution in [2.24, 2.45) is 0 Å². The number of ether oxygens (including phenoxy) is 1. The number of carboxylic acids is 1. The van der Waals surface area contributed by atoms with Gasteiger partial charge in [0.25, 0.3) is 5.56 Å². The lowest BCUT2D eigenvalue weighted by atomic mass is 9.94. The van der Waals surface area contributed by atoms with Crippen LogP contribution in [0.15, 0.2) is 59.5 Å². The van der Waals surface area contributed by atoms with Gasteiger partial charge in [-0.1, -0.05) is 30.7 Å². The molecular formula is C32H38FN3O5. The average molecular weight is 564 g/mol. The van der Waals surface area contributed by atoms with Gasteiger partial charge >= 0.3 is 5.97 Å². The first kappa shape index (κ1) is 30.0. The molecule has 41 heavy (non-hydrogen) atoms. The fourth-order valence-electron chi connectivity index (χ4n) is 5.29. The monoisotopic (exact) mass is 563 g/mol. The molecule has 3 aromatic rings. The van der Waals surface area contributed by atoms with Gasteiger partial charge in [0.05, 0.1) is 19.1 Å². The van der Waals surface area contributed by atoms with E-state index in [9.17, 15) is 23.9 Å². The van der Waals surface area contributed by atoms with Crippen LogP contribution in [-0.2, 0) is 16.0 Å². The zero-order chi connectivity index (χ0) is 29.5. The highest BCUT2D eigenvalue weighted by molar-refractivity contribution is 5.82. The number of aromatic nitrogens is 1. The highest BCUT2D eigenvalue weighted by Crippen LogP contribution is 2.36. The van der Waals surface area contributed by atoms with Crippen LogP contribution in [0.2, 0.25) is 0 Å². The van der Waals surface area contributed by atoms with E-state index in [4.69, 9.17) is 4.74 Å². The summed E-state index contributed by atoms with van der Waals surface area (Å²) < 4.78 is 21.9. The van der Waals surface area contributed by atoms with Gasteiger partial charge in [0.15, 0.2) is 0 Å². The molecule has 1 aliphatic heterocycles. The molecule has 2 N–H and O–H groups in total. The Kier molecular flexibility index (Phi) is 9.94. The van der Waals surface area contributed by atoms with Crippen molar-refractivity contribution in [2.75, 3.05) is 27.2 Å². The van der Waals surface area contributed by atoms with E-state index in [2.05, 4.69) is 5.32 Å². The highest BCUT2D eigenvalue weighted by atomic mass is 19.1. The van der Waals surface area contributed by atoms with Crippen LogP contribution in [0.3, 0.4) is 0 Å². The van der Waals surface area contributed by atoms with Crippen LogP contribution in [0.4, 0.5) is 4.39 Å². The largest absolute Gasteiger partial charge is 0.493 e. The third kappa shape index (κ3) is 7.82. The number of pyridine rings is 1. The summed E-state index contributed by atoms with van der Waals surface area (Å²) in [6.45, 7) is 2.96. The second kappa shape index (κ2) is 13.6. The summed E-state index contributed by atoms with van der Waals surface area (Å²) in [7, 11) is 3.95. The van der Waals surface area contributed by atoms with E-state index >= 15 is 0 Å². The maximum absolute atomic E-state index is 14.3. The zero-order valence-electron chi connectivity index (χ0n) is 23.9. The molecule has 0 fully saturated rings. The first-order valence-corrected chi connectivity index (χ1v) is 14.0. The van der Waals surface area contributed by atoms with E-state index in [0.29, 0.717) is 49.2 Å². The van der Waals surface area contributed by atoms with Crippen LogP contribution < -0.4 is 15.6 Å². The van der Waals surface area contributed by atoms with E-state index in [0.717, 1.165) is 29.7 Å². The normalized spacial score (nSPS) is 18.0. The number of nitrogens with zero attached hydrogens (tertiary/aromatic N) is 2. The number of benzene rings is 2. The summed E-state index contributed by atoms with van der Waals surface area (Å²) >= 11 is 0. The van der Waals surface area contributed by atoms with Crippen molar-refractivity contribution >= 4 is 11.9 Å². The van der Waals surface area contributed by atoms with Gasteiger partial charge in [0.1, 0.15) is 17.6 Å². The number of hydrogen-bond acceptors (Lipinski definition) is 5. The Morgan fingerprint density at radius 2 is 1.93 bits per heavy atom. The molecule has 1 aliphatic rings. The molecule has 2 heterocycles. The number of aliphatic carboxylic acids is 1. The molecule has 1 amide bonds. The third-order valence-corrected chi connectivity index (χ3v) is 7.40. The van der Waals surface area contributed by atoms with Gasteiger partial charge in [-0.25, -0.2) is 4.39 Å². The first-order chi connectivity index (χ1) is 19.6. The van der Waals surface area contributed by atoms with Gasteiger partial charge in [-0.2, -0.15) is 0 Å². The number of fused-ring (bicyclic) bond motifs is 4. The number of nitrogens with one attached hydrogen (secondary N) is 1. The number of halogens is 1.